The molecule has 0 amide bonds. The molecule has 3 aromatic carbocycles. The lowest BCUT2D eigenvalue weighted by Gasteiger charge is -2.26. The van der Waals surface area contributed by atoms with Crippen LogP contribution in [0.2, 0.25) is 0 Å². The number of aliphatic hydroxyl groups is 1. The Hall–Kier alpha value is -4.36. The van der Waals surface area contributed by atoms with Crippen LogP contribution < -0.4 is 9.47 Å². The molecule has 1 N–H and O–H groups in total. The van der Waals surface area contributed by atoms with Gasteiger partial charge in [0, 0.05) is 23.3 Å². The van der Waals surface area contributed by atoms with Crippen LogP contribution in [0.3, 0.4) is 0 Å². The van der Waals surface area contributed by atoms with Crippen molar-refractivity contribution in [2.24, 2.45) is 5.92 Å². The third-order valence-electron chi connectivity index (χ3n) is 9.13. The fraction of sp³-hybridized carbons (Fsp3) is 0.429. The zero-order chi connectivity index (χ0) is 35.3. The van der Waals surface area contributed by atoms with E-state index in [9.17, 15) is 14.7 Å². The summed E-state index contributed by atoms with van der Waals surface area (Å²) >= 11 is 0. The molecular formula is C42H52O7. The van der Waals surface area contributed by atoms with Crippen LogP contribution in [-0.2, 0) is 31.9 Å². The highest BCUT2D eigenvalue weighted by Gasteiger charge is 2.20. The first-order valence-electron chi connectivity index (χ1n) is 17.5. The third-order valence-corrected chi connectivity index (χ3v) is 9.13. The van der Waals surface area contributed by atoms with Crippen molar-refractivity contribution in [1.82, 2.24) is 0 Å². The SMILES string of the molecule is C=C(C)C(=O)OCCOc1cc(-c2ccc(-c3ccc(C4CCC(C)CC4)cc3)cc2CC)cc(OCCOC(=O)C(=C)C)c1CCCO. The molecular weight excluding hydrogens is 616 g/mol. The molecule has 1 aliphatic rings. The van der Waals surface area contributed by atoms with Gasteiger partial charge in [-0.25, -0.2) is 9.59 Å². The Morgan fingerprint density at radius 3 is 1.82 bits per heavy atom. The zero-order valence-corrected chi connectivity index (χ0v) is 29.6. The Kier molecular flexibility index (Phi) is 14.1. The first-order valence-corrected chi connectivity index (χ1v) is 17.5. The predicted molar refractivity (Wildman–Crippen MR) is 195 cm³/mol. The molecule has 4 rings (SSSR count). The van der Waals surface area contributed by atoms with Crippen LogP contribution >= 0.6 is 0 Å². The topological polar surface area (TPSA) is 91.3 Å². The van der Waals surface area contributed by atoms with Gasteiger partial charge in [0.2, 0.25) is 0 Å². The van der Waals surface area contributed by atoms with Crippen LogP contribution in [0.25, 0.3) is 22.3 Å². The lowest BCUT2D eigenvalue weighted by Crippen LogP contribution is -2.15. The molecule has 0 radical (unpaired) electrons. The van der Waals surface area contributed by atoms with Crippen LogP contribution in [0, 0.1) is 5.92 Å². The van der Waals surface area contributed by atoms with E-state index in [0.29, 0.717) is 41.4 Å². The second-order valence-electron chi connectivity index (χ2n) is 13.1. The molecule has 262 valence electrons. The van der Waals surface area contributed by atoms with E-state index in [1.807, 2.05) is 12.1 Å². The average Bonchev–Trinajstić information content (AvgIpc) is 3.11. The molecule has 49 heavy (non-hydrogen) atoms. The molecule has 3 aromatic rings. The largest absolute Gasteiger partial charge is 0.490 e. The van der Waals surface area contributed by atoms with Gasteiger partial charge in [-0.2, -0.15) is 0 Å². The van der Waals surface area contributed by atoms with Crippen molar-refractivity contribution in [1.29, 1.82) is 0 Å². The quantitative estimate of drug-likeness (QED) is 0.0873. The van der Waals surface area contributed by atoms with E-state index < -0.39 is 11.9 Å². The monoisotopic (exact) mass is 668 g/mol. The molecule has 1 aliphatic carbocycles. The minimum Gasteiger partial charge on any atom is -0.490 e. The summed E-state index contributed by atoms with van der Waals surface area (Å²) in [6.07, 6.45) is 6.95. The van der Waals surface area contributed by atoms with E-state index >= 15 is 0 Å². The number of carbonyl (C=O) groups is 2. The molecule has 7 nitrogen and oxygen atoms in total. The number of ether oxygens (including phenoxy) is 4. The molecule has 0 heterocycles. The molecule has 0 aromatic heterocycles. The van der Waals surface area contributed by atoms with Gasteiger partial charge in [0.15, 0.2) is 0 Å². The molecule has 0 atom stereocenters. The maximum absolute atomic E-state index is 11.9. The van der Waals surface area contributed by atoms with Crippen molar-refractivity contribution in [2.75, 3.05) is 33.0 Å². The fourth-order valence-electron chi connectivity index (χ4n) is 6.24. The molecule has 1 saturated carbocycles. The zero-order valence-electron chi connectivity index (χ0n) is 29.6. The maximum atomic E-state index is 11.9. The third kappa shape index (κ3) is 10.6. The van der Waals surface area contributed by atoms with Gasteiger partial charge in [-0.1, -0.05) is 82.3 Å². The number of rotatable bonds is 17. The van der Waals surface area contributed by atoms with Crippen molar-refractivity contribution in [3.05, 3.63) is 95.6 Å². The lowest BCUT2D eigenvalue weighted by atomic mass is 9.79. The summed E-state index contributed by atoms with van der Waals surface area (Å²) in [5, 5.41) is 9.66. The van der Waals surface area contributed by atoms with Crippen molar-refractivity contribution in [3.8, 4) is 33.8 Å². The summed E-state index contributed by atoms with van der Waals surface area (Å²) in [4.78, 5) is 23.9. The summed E-state index contributed by atoms with van der Waals surface area (Å²) < 4.78 is 22.9. The summed E-state index contributed by atoms with van der Waals surface area (Å²) in [5.74, 6) is 1.69. The van der Waals surface area contributed by atoms with Crippen molar-refractivity contribution < 1.29 is 33.6 Å². The average molecular weight is 669 g/mol. The highest BCUT2D eigenvalue weighted by molar-refractivity contribution is 5.87. The van der Waals surface area contributed by atoms with Crippen LogP contribution in [0.15, 0.2) is 78.9 Å². The molecule has 0 bridgehead atoms. The van der Waals surface area contributed by atoms with Crippen LogP contribution in [0.1, 0.15) is 82.4 Å². The van der Waals surface area contributed by atoms with Crippen LogP contribution in [0.5, 0.6) is 11.5 Å². The molecule has 1 fully saturated rings. The van der Waals surface area contributed by atoms with Crippen LogP contribution in [-0.4, -0.2) is 50.1 Å². The predicted octanol–water partition coefficient (Wildman–Crippen LogP) is 8.80. The highest BCUT2D eigenvalue weighted by atomic mass is 16.6. The summed E-state index contributed by atoms with van der Waals surface area (Å²) in [6.45, 7) is 15.3. The first kappa shape index (κ1) is 37.5. The number of aliphatic hydroxyl groups excluding tert-OH is 1. The number of carbonyl (C=O) groups excluding carboxylic acids is 2. The van der Waals surface area contributed by atoms with E-state index in [1.54, 1.807) is 13.8 Å². The van der Waals surface area contributed by atoms with Gasteiger partial charge in [-0.05, 0) is 103 Å². The summed E-state index contributed by atoms with van der Waals surface area (Å²) in [5.41, 5.74) is 8.33. The number of esters is 2. The Bertz CT molecular complexity index is 1540. The highest BCUT2D eigenvalue weighted by Crippen LogP contribution is 2.40. The van der Waals surface area contributed by atoms with E-state index in [4.69, 9.17) is 18.9 Å². The van der Waals surface area contributed by atoms with E-state index in [-0.39, 0.29) is 33.0 Å². The Labute approximate surface area is 291 Å². The first-order chi connectivity index (χ1) is 23.6. The van der Waals surface area contributed by atoms with Gasteiger partial charge < -0.3 is 24.1 Å². The van der Waals surface area contributed by atoms with Crippen molar-refractivity contribution in [3.63, 3.8) is 0 Å². The molecule has 0 saturated heterocycles. The second-order valence-corrected chi connectivity index (χ2v) is 13.1. The Balaban J connectivity index is 1.64. The summed E-state index contributed by atoms with van der Waals surface area (Å²) in [7, 11) is 0. The van der Waals surface area contributed by atoms with Crippen LogP contribution in [0.4, 0.5) is 0 Å². The fourth-order valence-corrected chi connectivity index (χ4v) is 6.24. The van der Waals surface area contributed by atoms with Crippen molar-refractivity contribution >= 4 is 11.9 Å². The Morgan fingerprint density at radius 2 is 1.31 bits per heavy atom. The summed E-state index contributed by atoms with van der Waals surface area (Å²) in [6, 6.07) is 19.6. The number of benzene rings is 3. The van der Waals surface area contributed by atoms with Crippen molar-refractivity contribution in [2.45, 2.75) is 78.6 Å². The number of aryl methyl sites for hydroxylation is 1. The van der Waals surface area contributed by atoms with Gasteiger partial charge in [-0.15, -0.1) is 0 Å². The minimum atomic E-state index is -0.475. The van der Waals surface area contributed by atoms with Gasteiger partial charge >= 0.3 is 11.9 Å². The molecule has 0 unspecified atom stereocenters. The standard InChI is InChI=1S/C42H52O7/c1-7-31-25-35(34-16-14-33(15-17-34)32-12-10-30(6)11-13-32)18-19-37(31)36-26-39(46-21-23-48-41(44)28(2)3)38(9-8-20-43)40(27-36)47-22-24-49-42(45)29(4)5/h14-19,25-27,30,32,43H,2,4,7-13,20-24H2,1,3,5-6H3. The normalized spacial score (nSPS) is 15.7. The van der Waals surface area contributed by atoms with Gasteiger partial charge in [0.25, 0.3) is 0 Å². The lowest BCUT2D eigenvalue weighted by molar-refractivity contribution is -0.140. The molecule has 7 heteroatoms. The van der Waals surface area contributed by atoms with Gasteiger partial charge in [0.1, 0.15) is 37.9 Å². The van der Waals surface area contributed by atoms with E-state index in [2.05, 4.69) is 69.5 Å². The second kappa shape index (κ2) is 18.4. The molecule has 0 spiro atoms. The minimum absolute atomic E-state index is 0.00460. The van der Waals surface area contributed by atoms with E-state index in [1.165, 1.54) is 42.4 Å². The number of hydrogen-bond acceptors (Lipinski definition) is 7. The van der Waals surface area contributed by atoms with Gasteiger partial charge in [-0.3, -0.25) is 0 Å². The van der Waals surface area contributed by atoms with E-state index in [0.717, 1.165) is 34.6 Å². The smallest absolute Gasteiger partial charge is 0.333 e. The van der Waals surface area contributed by atoms with Gasteiger partial charge in [0.05, 0.1) is 0 Å². The number of hydrogen-bond donors (Lipinski definition) is 1. The molecule has 0 aliphatic heterocycles. The Morgan fingerprint density at radius 1 is 0.755 bits per heavy atom. The maximum Gasteiger partial charge on any atom is 0.333 e.